The molecule has 1 aliphatic heterocycles. The molecule has 22 heavy (non-hydrogen) atoms. The van der Waals surface area contributed by atoms with E-state index >= 15 is 0 Å². The first kappa shape index (κ1) is 18.8. The molecule has 0 bridgehead atoms. The van der Waals surface area contributed by atoms with Crippen LogP contribution in [0.5, 0.6) is 0 Å². The predicted octanol–water partition coefficient (Wildman–Crippen LogP) is 5.94. The maximum atomic E-state index is 11.5. The third-order valence-electron chi connectivity index (χ3n) is 4.83. The molecule has 126 valence electrons. The van der Waals surface area contributed by atoms with Gasteiger partial charge in [-0.25, -0.2) is 4.79 Å². The topological polar surface area (TPSA) is 35.5 Å². The fourth-order valence-corrected chi connectivity index (χ4v) is 3.09. The van der Waals surface area contributed by atoms with Crippen LogP contribution in [0.3, 0.4) is 0 Å². The maximum absolute atomic E-state index is 11.5. The highest BCUT2D eigenvalue weighted by Gasteiger charge is 2.55. The summed E-state index contributed by atoms with van der Waals surface area (Å²) in [4.78, 5) is 11.5. The van der Waals surface area contributed by atoms with Crippen molar-refractivity contribution in [3.05, 3.63) is 25.3 Å². The van der Waals surface area contributed by atoms with Crippen LogP contribution in [0.15, 0.2) is 25.3 Å². The van der Waals surface area contributed by atoms with E-state index in [2.05, 4.69) is 13.2 Å². The summed E-state index contributed by atoms with van der Waals surface area (Å²) in [5.74, 6) is 0. The molecule has 0 aromatic heterocycles. The van der Waals surface area contributed by atoms with Gasteiger partial charge >= 0.3 is 6.16 Å². The molecule has 0 N–H and O–H groups in total. The van der Waals surface area contributed by atoms with Crippen molar-refractivity contribution < 1.29 is 14.3 Å². The summed E-state index contributed by atoms with van der Waals surface area (Å²) in [6.45, 7) is 11.4. The molecule has 0 saturated carbocycles. The standard InChI is InChI=1S/C19H32O3/c1-5-7-8-9-10-11-12-13-14-16-19(4)18(3,15-6-2)21-17(20)22-19/h5-6H,1-2,7-16H2,3-4H3/t18-,19-/m0/s1. The van der Waals surface area contributed by atoms with E-state index in [1.165, 1.54) is 38.5 Å². The van der Waals surface area contributed by atoms with Gasteiger partial charge in [0.15, 0.2) is 11.2 Å². The smallest absolute Gasteiger partial charge is 0.424 e. The number of carbonyl (C=O) groups excluding carboxylic acids is 1. The molecule has 0 aromatic carbocycles. The second kappa shape index (κ2) is 9.02. The Bertz CT molecular complexity index is 377. The molecule has 1 aliphatic rings. The largest absolute Gasteiger partial charge is 0.509 e. The predicted molar refractivity (Wildman–Crippen MR) is 90.9 cm³/mol. The van der Waals surface area contributed by atoms with Crippen LogP contribution in [0.2, 0.25) is 0 Å². The van der Waals surface area contributed by atoms with Gasteiger partial charge in [0, 0.05) is 6.42 Å². The second-order valence-electron chi connectivity index (χ2n) is 6.71. The molecule has 0 unspecified atom stereocenters. The number of ether oxygens (including phenoxy) is 2. The van der Waals surface area contributed by atoms with E-state index in [-0.39, 0.29) is 0 Å². The lowest BCUT2D eigenvalue weighted by Gasteiger charge is -2.35. The fraction of sp³-hybridized carbons (Fsp3) is 0.737. The van der Waals surface area contributed by atoms with E-state index in [1.54, 1.807) is 6.08 Å². The highest BCUT2D eigenvalue weighted by atomic mass is 16.8. The molecule has 1 heterocycles. The van der Waals surface area contributed by atoms with Crippen molar-refractivity contribution in [2.45, 2.75) is 89.3 Å². The molecule has 3 heteroatoms. The first-order chi connectivity index (χ1) is 10.5. The number of rotatable bonds is 12. The summed E-state index contributed by atoms with van der Waals surface area (Å²) in [5.41, 5.74) is -1.13. The number of cyclic esters (lactones) is 2. The van der Waals surface area contributed by atoms with Crippen molar-refractivity contribution in [3.63, 3.8) is 0 Å². The first-order valence-electron chi connectivity index (χ1n) is 8.61. The van der Waals surface area contributed by atoms with Gasteiger partial charge in [-0.3, -0.25) is 0 Å². The average molecular weight is 308 g/mol. The van der Waals surface area contributed by atoms with Crippen molar-refractivity contribution in [2.24, 2.45) is 0 Å². The van der Waals surface area contributed by atoms with Crippen LogP contribution in [0.4, 0.5) is 4.79 Å². The van der Waals surface area contributed by atoms with Crippen LogP contribution in [-0.4, -0.2) is 17.4 Å². The Morgan fingerprint density at radius 3 is 2.00 bits per heavy atom. The molecule has 1 rings (SSSR count). The Kier molecular flexibility index (Phi) is 7.70. The monoisotopic (exact) mass is 308 g/mol. The molecule has 0 amide bonds. The highest BCUT2D eigenvalue weighted by molar-refractivity contribution is 5.64. The number of carbonyl (C=O) groups is 1. The SMILES string of the molecule is C=CCCCCCCCCC[C@]1(C)OC(=O)O[C@@]1(C)CC=C. The molecule has 1 saturated heterocycles. The summed E-state index contributed by atoms with van der Waals surface area (Å²) in [6.07, 6.45) is 14.5. The Hall–Kier alpha value is -1.25. The van der Waals surface area contributed by atoms with Gasteiger partial charge in [0.05, 0.1) is 0 Å². The molecular formula is C19H32O3. The summed E-state index contributed by atoms with van der Waals surface area (Å²) in [6, 6.07) is 0. The third kappa shape index (κ3) is 5.19. The summed E-state index contributed by atoms with van der Waals surface area (Å²) >= 11 is 0. The van der Waals surface area contributed by atoms with E-state index < -0.39 is 17.4 Å². The quantitative estimate of drug-likeness (QED) is 0.254. The number of hydrogen-bond acceptors (Lipinski definition) is 3. The summed E-state index contributed by atoms with van der Waals surface area (Å²) in [7, 11) is 0. The van der Waals surface area contributed by atoms with Crippen LogP contribution in [0.25, 0.3) is 0 Å². The van der Waals surface area contributed by atoms with Crippen LogP contribution >= 0.6 is 0 Å². The minimum atomic E-state index is -0.587. The Labute approximate surface area is 135 Å². The van der Waals surface area contributed by atoms with Crippen LogP contribution in [0, 0.1) is 0 Å². The molecule has 0 aliphatic carbocycles. The molecule has 0 aromatic rings. The van der Waals surface area contributed by atoms with E-state index in [0.29, 0.717) is 6.42 Å². The summed E-state index contributed by atoms with van der Waals surface area (Å²) < 4.78 is 10.9. The minimum absolute atomic E-state index is 0.539. The average Bonchev–Trinajstić information content (AvgIpc) is 2.67. The van der Waals surface area contributed by atoms with Crippen molar-refractivity contribution in [1.29, 1.82) is 0 Å². The van der Waals surface area contributed by atoms with Crippen molar-refractivity contribution >= 4 is 6.16 Å². The van der Waals surface area contributed by atoms with Crippen molar-refractivity contribution in [3.8, 4) is 0 Å². The first-order valence-corrected chi connectivity index (χ1v) is 8.61. The molecule has 0 radical (unpaired) electrons. The lowest BCUT2D eigenvalue weighted by Crippen LogP contribution is -2.46. The number of hydrogen-bond donors (Lipinski definition) is 0. The van der Waals surface area contributed by atoms with Crippen LogP contribution in [0.1, 0.15) is 78.1 Å². The zero-order valence-electron chi connectivity index (χ0n) is 14.4. The Balaban J connectivity index is 2.23. The fourth-order valence-electron chi connectivity index (χ4n) is 3.09. The lowest BCUT2D eigenvalue weighted by atomic mass is 9.79. The minimum Gasteiger partial charge on any atom is -0.424 e. The normalized spacial score (nSPS) is 27.3. The molecule has 3 nitrogen and oxygen atoms in total. The summed E-state index contributed by atoms with van der Waals surface area (Å²) in [5, 5.41) is 0. The van der Waals surface area contributed by atoms with Gasteiger partial charge in [-0.05, 0) is 39.5 Å². The second-order valence-corrected chi connectivity index (χ2v) is 6.71. The number of unbranched alkanes of at least 4 members (excludes halogenated alkanes) is 7. The van der Waals surface area contributed by atoms with Gasteiger partial charge < -0.3 is 9.47 Å². The number of allylic oxidation sites excluding steroid dienone is 1. The van der Waals surface area contributed by atoms with Gasteiger partial charge in [0.1, 0.15) is 0 Å². The molecule has 1 fully saturated rings. The van der Waals surface area contributed by atoms with E-state index in [9.17, 15) is 4.79 Å². The zero-order chi connectivity index (χ0) is 16.5. The van der Waals surface area contributed by atoms with Gasteiger partial charge in [-0.1, -0.05) is 44.3 Å². The Morgan fingerprint density at radius 2 is 1.41 bits per heavy atom. The van der Waals surface area contributed by atoms with E-state index in [4.69, 9.17) is 9.47 Å². The Morgan fingerprint density at radius 1 is 0.864 bits per heavy atom. The molecule has 0 spiro atoms. The van der Waals surface area contributed by atoms with Crippen molar-refractivity contribution in [1.82, 2.24) is 0 Å². The highest BCUT2D eigenvalue weighted by Crippen LogP contribution is 2.42. The van der Waals surface area contributed by atoms with Gasteiger partial charge in [-0.2, -0.15) is 0 Å². The van der Waals surface area contributed by atoms with Gasteiger partial charge in [0.25, 0.3) is 0 Å². The maximum Gasteiger partial charge on any atom is 0.509 e. The zero-order valence-corrected chi connectivity index (χ0v) is 14.4. The van der Waals surface area contributed by atoms with Crippen LogP contribution < -0.4 is 0 Å². The van der Waals surface area contributed by atoms with Crippen LogP contribution in [-0.2, 0) is 9.47 Å². The van der Waals surface area contributed by atoms with E-state index in [1.807, 2.05) is 19.9 Å². The van der Waals surface area contributed by atoms with Gasteiger partial charge in [0.2, 0.25) is 0 Å². The van der Waals surface area contributed by atoms with Gasteiger partial charge in [-0.15, -0.1) is 13.2 Å². The van der Waals surface area contributed by atoms with E-state index in [0.717, 1.165) is 19.3 Å². The molecular weight excluding hydrogens is 276 g/mol. The molecule has 2 atom stereocenters. The van der Waals surface area contributed by atoms with Crippen molar-refractivity contribution in [2.75, 3.05) is 0 Å². The third-order valence-corrected chi connectivity index (χ3v) is 4.83. The lowest BCUT2D eigenvalue weighted by molar-refractivity contribution is -0.0284.